The summed E-state index contributed by atoms with van der Waals surface area (Å²) in [6, 6.07) is 0. The summed E-state index contributed by atoms with van der Waals surface area (Å²) in [6.07, 6.45) is -3.56. The molecule has 0 bridgehead atoms. The van der Waals surface area contributed by atoms with Crippen molar-refractivity contribution in [1.82, 2.24) is 0 Å². The van der Waals surface area contributed by atoms with E-state index in [2.05, 4.69) is 0 Å². The van der Waals surface area contributed by atoms with E-state index in [9.17, 15) is 57.5 Å². The summed E-state index contributed by atoms with van der Waals surface area (Å²) in [4.78, 5) is 116. The minimum atomic E-state index is -1.08. The zero-order valence-electron chi connectivity index (χ0n) is 50.8. The first-order valence-electron chi connectivity index (χ1n) is 12.4. The fraction of sp³-hybridized carbons (Fsp3) is 0.500. The zero-order valence-corrected chi connectivity index (χ0v) is 132. The van der Waals surface area contributed by atoms with Crippen molar-refractivity contribution in [3.63, 3.8) is 0 Å². The van der Waals surface area contributed by atoms with Crippen LogP contribution in [0.1, 0.15) is 77.0 Å². The second-order valence-electron chi connectivity index (χ2n) is 7.72. The molecule has 0 aromatic carbocycles. The van der Waals surface area contributed by atoms with Gasteiger partial charge in [-0.2, -0.15) is 0 Å². The SMILES string of the molecule is O=C(O)CCC(=O)O.O=C(O)CCC(=O)O.O=C(O)CCC(=O)O.O=C(O)CCC(=O)O.O=C(O)CCC(=O)O.O=C(O)CCC(=O)O.[K+].[K+].[K+].[K+].[K+].[K+].[K+].[K+].[K+].[K+].[K+].[K+].[K+].[K+].[K+].[K+].[K+].[K+].[K+].[K+].[K+].[K+].[K+].[K+].[K+].[K+]. The smallest absolute Gasteiger partial charge is 0.481 e. The normalized spacial score (nSPS) is 5.51. The van der Waals surface area contributed by atoms with Gasteiger partial charge in [0, 0.05) is 0 Å². The molecule has 0 unspecified atom stereocenters. The van der Waals surface area contributed by atoms with E-state index >= 15 is 0 Å². The van der Waals surface area contributed by atoms with Crippen molar-refractivity contribution in [1.29, 1.82) is 0 Å². The summed E-state index contributed by atoms with van der Waals surface area (Å²) in [6.45, 7) is 0. The molecule has 0 aromatic heterocycles. The molecule has 0 rings (SSSR count). The molecular weight excluding hydrogens is 1690 g/mol. The van der Waals surface area contributed by atoms with Gasteiger partial charge in [0.25, 0.3) is 0 Å². The van der Waals surface area contributed by atoms with Gasteiger partial charge >= 0.3 is 1410 Å². The first-order valence-corrected chi connectivity index (χ1v) is 12.4. The summed E-state index contributed by atoms with van der Waals surface area (Å²) in [5, 5.41) is 94.8. The van der Waals surface area contributed by atoms with Crippen molar-refractivity contribution < 1.29 is 1450 Å². The molecule has 12 N–H and O–H groups in total. The average molecular weight is 1730 g/mol. The molecule has 0 amide bonds. The minimum Gasteiger partial charge on any atom is -0.481 e. The molecule has 24 nitrogen and oxygen atoms in total. The zero-order chi connectivity index (χ0) is 39.4. The van der Waals surface area contributed by atoms with E-state index < -0.39 is 71.6 Å². The molecule has 0 aliphatic carbocycles. The van der Waals surface area contributed by atoms with Gasteiger partial charge in [-0.1, -0.05) is 0 Å². The fourth-order valence-electron chi connectivity index (χ4n) is 1.28. The number of aliphatic carboxylic acids is 12. The van der Waals surface area contributed by atoms with Crippen LogP contribution >= 0.6 is 0 Å². The van der Waals surface area contributed by atoms with Gasteiger partial charge in [0.15, 0.2) is 0 Å². The van der Waals surface area contributed by atoms with Gasteiger partial charge in [-0.05, 0) is 0 Å². The summed E-state index contributed by atoms with van der Waals surface area (Å²) in [5.74, 6) is -12.9. The number of hydrogen-bond donors (Lipinski definition) is 12. The maximum absolute atomic E-state index is 9.64. The van der Waals surface area contributed by atoms with Crippen LogP contribution < -0.4 is 1340 Å². The van der Waals surface area contributed by atoms with Crippen LogP contribution in [0.15, 0.2) is 0 Å². The molecule has 0 radical (unpaired) electrons. The number of carboxylic acid groups (broad SMARTS) is 12. The van der Waals surface area contributed by atoms with Gasteiger partial charge in [0.05, 0.1) is 77.0 Å². The van der Waals surface area contributed by atoms with Gasteiger partial charge in [0.2, 0.25) is 0 Å². The Hall–Kier alpha value is 36.2. The predicted molar refractivity (Wildman–Crippen MR) is 147 cm³/mol. The third-order valence-corrected chi connectivity index (χ3v) is 3.32. The van der Waals surface area contributed by atoms with E-state index in [0.29, 0.717) is 0 Å². The van der Waals surface area contributed by atoms with E-state index in [0.717, 1.165) is 0 Å². The van der Waals surface area contributed by atoms with E-state index in [1.807, 2.05) is 0 Å². The first kappa shape index (κ1) is 215. The number of carboxylic acids is 12. The van der Waals surface area contributed by atoms with E-state index in [1.54, 1.807) is 0 Å². The van der Waals surface area contributed by atoms with Gasteiger partial charge in [-0.15, -0.1) is 0 Å². The second kappa shape index (κ2) is 180. The minimum absolute atomic E-state index is 0. The standard InChI is InChI=1S/6C4H6O4.26K/c6*5-3(6)1-2-4(7)8;;;;;;;;;;;;;;;;;;;;;;;;;;/h6*1-2H2,(H,5,6)(H,7,8);;;;;;;;;;;;;;;;;;;;;;;;;;/q;;;;;;26*+1. The van der Waals surface area contributed by atoms with Crippen molar-refractivity contribution in [3.05, 3.63) is 0 Å². The van der Waals surface area contributed by atoms with Crippen molar-refractivity contribution >= 4 is 71.6 Å². The van der Waals surface area contributed by atoms with Crippen LogP contribution in [-0.2, 0) is 57.5 Å². The largest absolute Gasteiger partial charge is 1.00 e. The summed E-state index contributed by atoms with van der Waals surface area (Å²) in [5.41, 5.74) is 0. The van der Waals surface area contributed by atoms with E-state index in [1.165, 1.54) is 0 Å². The predicted octanol–water partition coefficient (Wildman–Crippen LogP) is -78.3. The molecule has 50 heteroatoms. The quantitative estimate of drug-likeness (QED) is 0.0567. The van der Waals surface area contributed by atoms with Crippen LogP contribution in [0.25, 0.3) is 0 Å². The third kappa shape index (κ3) is 284. The molecule has 0 saturated carbocycles. The van der Waals surface area contributed by atoms with Crippen LogP contribution in [0, 0.1) is 0 Å². The maximum atomic E-state index is 9.64. The van der Waals surface area contributed by atoms with E-state index in [4.69, 9.17) is 61.3 Å². The van der Waals surface area contributed by atoms with Crippen LogP contribution in [-0.4, -0.2) is 133 Å². The maximum Gasteiger partial charge on any atom is 1.00 e. The molecular formula is C24H36K26O24+26. The molecule has 0 fully saturated rings. The van der Waals surface area contributed by atoms with Crippen molar-refractivity contribution in [3.8, 4) is 0 Å². The Bertz CT molecular complexity index is 842. The molecule has 276 valence electrons. The number of rotatable bonds is 18. The topological polar surface area (TPSA) is 448 Å². The fourth-order valence-corrected chi connectivity index (χ4v) is 1.28. The Labute approximate surface area is 1540 Å². The Morgan fingerprint density at radius 2 is 0.149 bits per heavy atom. The Kier molecular flexibility index (Phi) is 524. The second-order valence-corrected chi connectivity index (χ2v) is 7.72. The first-order chi connectivity index (χ1) is 21.8. The average Bonchev–Trinajstić information content (AvgIpc) is 2.92. The number of carbonyl (C=O) groups is 12. The molecule has 0 spiro atoms. The van der Waals surface area contributed by atoms with Crippen LogP contribution in [0.3, 0.4) is 0 Å². The van der Waals surface area contributed by atoms with Crippen molar-refractivity contribution in [2.24, 2.45) is 0 Å². The van der Waals surface area contributed by atoms with Crippen LogP contribution in [0.2, 0.25) is 0 Å². The van der Waals surface area contributed by atoms with Crippen molar-refractivity contribution in [2.75, 3.05) is 0 Å². The Morgan fingerprint density at radius 1 is 0.122 bits per heavy atom. The Balaban J connectivity index is -0.00000000891. The van der Waals surface area contributed by atoms with Gasteiger partial charge in [0.1, 0.15) is 0 Å². The molecule has 74 heavy (non-hydrogen) atoms. The monoisotopic (exact) mass is 1720 g/mol. The van der Waals surface area contributed by atoms with E-state index in [-0.39, 0.29) is 1410 Å². The molecule has 0 saturated heterocycles. The van der Waals surface area contributed by atoms with Crippen molar-refractivity contribution in [2.45, 2.75) is 77.0 Å². The molecule has 0 atom stereocenters. The summed E-state index contributed by atoms with van der Waals surface area (Å²) < 4.78 is 0. The molecule has 0 aliphatic heterocycles. The third-order valence-electron chi connectivity index (χ3n) is 3.32. The van der Waals surface area contributed by atoms with Crippen LogP contribution in [0.5, 0.6) is 0 Å². The summed E-state index contributed by atoms with van der Waals surface area (Å²) in [7, 11) is 0. The summed E-state index contributed by atoms with van der Waals surface area (Å²) >= 11 is 0. The number of hydrogen-bond acceptors (Lipinski definition) is 12. The van der Waals surface area contributed by atoms with Gasteiger partial charge in [-0.3, -0.25) is 57.5 Å². The van der Waals surface area contributed by atoms with Gasteiger partial charge in [-0.25, -0.2) is 0 Å². The molecule has 0 aromatic rings. The Morgan fingerprint density at radius 3 is 0.162 bits per heavy atom. The van der Waals surface area contributed by atoms with Crippen LogP contribution in [0.4, 0.5) is 0 Å². The molecule has 0 aliphatic rings. The molecule has 0 heterocycles. The van der Waals surface area contributed by atoms with Gasteiger partial charge < -0.3 is 61.3 Å².